The maximum Gasteiger partial charge on any atom is 0.307 e. The highest BCUT2D eigenvalue weighted by atomic mass is 32.2. The Balaban J connectivity index is 1.99. The highest BCUT2D eigenvalue weighted by Crippen LogP contribution is 2.40. The molecule has 0 fully saturated rings. The third-order valence-corrected chi connectivity index (χ3v) is 6.58. The van der Waals surface area contributed by atoms with Crippen LogP contribution in [0.5, 0.6) is 0 Å². The molecule has 0 aliphatic carbocycles. The summed E-state index contributed by atoms with van der Waals surface area (Å²) >= 11 is 0. The number of carbonyl (C=O) groups is 1. The van der Waals surface area contributed by atoms with Crippen molar-refractivity contribution in [2.24, 2.45) is 0 Å². The van der Waals surface area contributed by atoms with Crippen molar-refractivity contribution in [3.05, 3.63) is 95.3 Å². The predicted molar refractivity (Wildman–Crippen MR) is 126 cm³/mol. The Morgan fingerprint density at radius 3 is 2.18 bits per heavy atom. The zero-order valence-corrected chi connectivity index (χ0v) is 20.0. The Hall–Kier alpha value is -2.86. The first-order valence-electron chi connectivity index (χ1n) is 10.7. The van der Waals surface area contributed by atoms with E-state index in [-0.39, 0.29) is 12.0 Å². The minimum absolute atomic E-state index is 0.231. The topological polar surface area (TPSA) is 43.4 Å². The van der Waals surface area contributed by atoms with Gasteiger partial charge in [-0.1, -0.05) is 48.0 Å². The fourth-order valence-electron chi connectivity index (χ4n) is 3.55. The summed E-state index contributed by atoms with van der Waals surface area (Å²) in [7, 11) is -1.61. The van der Waals surface area contributed by atoms with Crippen molar-refractivity contribution in [3.63, 3.8) is 0 Å². The fourth-order valence-corrected chi connectivity index (χ4v) is 4.78. The maximum absolute atomic E-state index is 16.1. The van der Waals surface area contributed by atoms with Crippen LogP contribution in [0.1, 0.15) is 56.0 Å². The van der Waals surface area contributed by atoms with E-state index in [0.29, 0.717) is 15.4 Å². The summed E-state index contributed by atoms with van der Waals surface area (Å²) in [5.74, 6) is -1.95. The molecule has 174 valence electrons. The van der Waals surface area contributed by atoms with Crippen LogP contribution in [-0.4, -0.2) is 15.8 Å². The summed E-state index contributed by atoms with van der Waals surface area (Å²) < 4.78 is 48.4. The van der Waals surface area contributed by atoms with Gasteiger partial charge in [-0.15, -0.1) is 0 Å². The number of carbonyl (C=O) groups excluding carboxylic acids is 1. The summed E-state index contributed by atoms with van der Waals surface area (Å²) in [5, 5.41) is 0. The number of ether oxygens (including phenoxy) is 1. The number of esters is 1. The summed E-state index contributed by atoms with van der Waals surface area (Å²) in [4.78, 5) is 13.5. The van der Waals surface area contributed by atoms with Gasteiger partial charge in [-0.2, -0.15) is 0 Å². The molecule has 3 aromatic rings. The molecular weight excluding hydrogens is 442 g/mol. The molecular formula is C27H28F2O3S. The molecule has 0 aromatic heterocycles. The molecule has 0 spiro atoms. The molecule has 1 unspecified atom stereocenters. The van der Waals surface area contributed by atoms with Crippen LogP contribution in [0, 0.1) is 12.7 Å². The van der Waals surface area contributed by atoms with Crippen LogP contribution < -0.4 is 0 Å². The molecule has 33 heavy (non-hydrogen) atoms. The van der Waals surface area contributed by atoms with Gasteiger partial charge in [0.15, 0.2) is 0 Å². The van der Waals surface area contributed by atoms with Crippen LogP contribution in [0.4, 0.5) is 8.78 Å². The minimum Gasteiger partial charge on any atom is -0.460 e. The molecule has 0 aliphatic heterocycles. The summed E-state index contributed by atoms with van der Waals surface area (Å²) in [5.41, 5.74) is 1.00. The average Bonchev–Trinajstić information content (AvgIpc) is 2.76. The molecule has 0 saturated heterocycles. The van der Waals surface area contributed by atoms with E-state index in [9.17, 15) is 13.4 Å². The third-order valence-electron chi connectivity index (χ3n) is 5.11. The van der Waals surface area contributed by atoms with Gasteiger partial charge < -0.3 is 4.74 Å². The zero-order chi connectivity index (χ0) is 24.2. The molecule has 3 atom stereocenters. The van der Waals surface area contributed by atoms with E-state index in [4.69, 9.17) is 4.74 Å². The number of hydrogen-bond acceptors (Lipinski definition) is 3. The van der Waals surface area contributed by atoms with Crippen molar-refractivity contribution in [1.29, 1.82) is 0 Å². The van der Waals surface area contributed by atoms with Crippen LogP contribution in [0.15, 0.2) is 82.6 Å². The Morgan fingerprint density at radius 2 is 1.58 bits per heavy atom. The number of alkyl halides is 1. The van der Waals surface area contributed by atoms with Crippen LogP contribution >= 0.6 is 0 Å². The highest BCUT2D eigenvalue weighted by Gasteiger charge is 2.32. The summed E-state index contributed by atoms with van der Waals surface area (Å²) in [6.07, 6.45) is -1.90. The Labute approximate surface area is 196 Å². The van der Waals surface area contributed by atoms with Crippen LogP contribution in [0.25, 0.3) is 0 Å². The fraction of sp³-hybridized carbons (Fsp3) is 0.296. The SMILES string of the molecule is Cc1ccc(S(=O)c2ccccc2[C@H](F)[C@H](CC(=O)OC(C)(C)C)c2ccc(F)cc2)cc1. The van der Waals surface area contributed by atoms with Gasteiger partial charge in [0.05, 0.1) is 17.2 Å². The molecule has 0 radical (unpaired) electrons. The standard InChI is InChI=1S/C27H28F2O3S/c1-18-9-15-21(16-10-18)33(31)24-8-6-5-7-22(24)26(29)23(17-25(30)32-27(2,3)4)19-11-13-20(28)14-12-19/h5-16,23,26H,17H2,1-4H3/t23-,26+,33?/m1/s1. The molecule has 3 rings (SSSR count). The van der Waals surface area contributed by atoms with Crippen molar-refractivity contribution in [2.75, 3.05) is 0 Å². The van der Waals surface area contributed by atoms with E-state index in [1.165, 1.54) is 24.3 Å². The van der Waals surface area contributed by atoms with Gasteiger partial charge in [-0.25, -0.2) is 13.0 Å². The molecule has 3 nitrogen and oxygen atoms in total. The van der Waals surface area contributed by atoms with Crippen molar-refractivity contribution in [1.82, 2.24) is 0 Å². The number of aryl methyl sites for hydroxylation is 1. The molecule has 0 bridgehead atoms. The lowest BCUT2D eigenvalue weighted by Gasteiger charge is -2.25. The molecule has 0 N–H and O–H groups in total. The quantitative estimate of drug-likeness (QED) is 0.356. The largest absolute Gasteiger partial charge is 0.460 e. The van der Waals surface area contributed by atoms with Crippen LogP contribution in [-0.2, 0) is 20.3 Å². The van der Waals surface area contributed by atoms with Crippen molar-refractivity contribution < 1.29 is 22.5 Å². The number of benzene rings is 3. The molecule has 3 aromatic carbocycles. The monoisotopic (exact) mass is 470 g/mol. The second-order valence-electron chi connectivity index (χ2n) is 8.97. The summed E-state index contributed by atoms with van der Waals surface area (Å²) in [6, 6.07) is 19.2. The van der Waals surface area contributed by atoms with Gasteiger partial charge >= 0.3 is 5.97 Å². The van der Waals surface area contributed by atoms with Crippen LogP contribution in [0.2, 0.25) is 0 Å². The lowest BCUT2D eigenvalue weighted by Crippen LogP contribution is -2.26. The molecule has 0 aliphatic rings. The summed E-state index contributed by atoms with van der Waals surface area (Å²) in [6.45, 7) is 7.16. The smallest absolute Gasteiger partial charge is 0.307 e. The zero-order valence-electron chi connectivity index (χ0n) is 19.2. The van der Waals surface area contributed by atoms with Gasteiger partial charge in [0, 0.05) is 21.3 Å². The van der Waals surface area contributed by atoms with Gasteiger partial charge in [0.2, 0.25) is 0 Å². The first-order valence-corrected chi connectivity index (χ1v) is 11.9. The minimum atomic E-state index is -1.66. The van der Waals surface area contributed by atoms with E-state index >= 15 is 4.39 Å². The Bertz CT molecular complexity index is 1120. The number of halogens is 2. The molecule has 6 heteroatoms. The molecule has 0 amide bonds. The van der Waals surface area contributed by atoms with Crippen molar-refractivity contribution in [3.8, 4) is 0 Å². The van der Waals surface area contributed by atoms with Gasteiger partial charge in [-0.05, 0) is 63.6 Å². The van der Waals surface area contributed by atoms with E-state index in [1.807, 2.05) is 19.1 Å². The second kappa shape index (κ2) is 10.4. The van der Waals surface area contributed by atoms with Crippen LogP contribution in [0.3, 0.4) is 0 Å². The third kappa shape index (κ3) is 6.57. The van der Waals surface area contributed by atoms with E-state index < -0.39 is 40.3 Å². The first kappa shape index (κ1) is 24.8. The normalized spacial score (nSPS) is 14.4. The number of hydrogen-bond donors (Lipinski definition) is 0. The predicted octanol–water partition coefficient (Wildman–Crippen LogP) is 6.83. The molecule has 0 heterocycles. The van der Waals surface area contributed by atoms with E-state index in [1.54, 1.807) is 57.2 Å². The second-order valence-corrected chi connectivity index (χ2v) is 10.4. The maximum atomic E-state index is 16.1. The lowest BCUT2D eigenvalue weighted by atomic mass is 9.87. The van der Waals surface area contributed by atoms with Crippen molar-refractivity contribution >= 4 is 16.8 Å². The van der Waals surface area contributed by atoms with E-state index in [0.717, 1.165) is 5.56 Å². The number of rotatable bonds is 7. The Kier molecular flexibility index (Phi) is 7.80. The van der Waals surface area contributed by atoms with Gasteiger partial charge in [0.25, 0.3) is 0 Å². The van der Waals surface area contributed by atoms with E-state index in [2.05, 4.69) is 0 Å². The van der Waals surface area contributed by atoms with Gasteiger partial charge in [-0.3, -0.25) is 4.79 Å². The molecule has 0 saturated carbocycles. The lowest BCUT2D eigenvalue weighted by molar-refractivity contribution is -0.155. The average molecular weight is 471 g/mol. The highest BCUT2D eigenvalue weighted by molar-refractivity contribution is 7.85. The van der Waals surface area contributed by atoms with Crippen molar-refractivity contribution in [2.45, 2.75) is 61.6 Å². The first-order chi connectivity index (χ1) is 15.5. The Morgan fingerprint density at radius 1 is 0.970 bits per heavy atom. The van der Waals surface area contributed by atoms with Gasteiger partial charge in [0.1, 0.15) is 17.6 Å².